The molecule has 6 nitrogen and oxygen atoms in total. The molecular weight excluding hydrogens is 392 g/mol. The van der Waals surface area contributed by atoms with E-state index in [4.69, 9.17) is 16.6 Å². The summed E-state index contributed by atoms with van der Waals surface area (Å²) in [6.45, 7) is 6.16. The normalized spacial score (nSPS) is 12.8. The van der Waals surface area contributed by atoms with Crippen LogP contribution in [-0.2, 0) is 6.54 Å². The zero-order valence-corrected chi connectivity index (χ0v) is 17.9. The molecule has 3 rings (SSSR count). The number of hydrogen-bond donors (Lipinski definition) is 1. The molecule has 1 unspecified atom stereocenters. The number of halogens is 1. The van der Waals surface area contributed by atoms with Gasteiger partial charge in [0, 0.05) is 36.4 Å². The zero-order valence-electron chi connectivity index (χ0n) is 16.3. The van der Waals surface area contributed by atoms with Crippen molar-refractivity contribution in [1.29, 1.82) is 0 Å². The summed E-state index contributed by atoms with van der Waals surface area (Å²) in [5.41, 5.74) is 2.17. The Labute approximate surface area is 174 Å². The van der Waals surface area contributed by atoms with Crippen LogP contribution in [0.2, 0.25) is 5.02 Å². The molecule has 0 aliphatic carbocycles. The average Bonchev–Trinajstić information content (AvgIpc) is 3.34. The molecule has 1 aromatic carbocycles. The molecule has 0 radical (unpaired) electrons. The zero-order chi connectivity index (χ0) is 19.9. The Balaban J connectivity index is 1.80. The Morgan fingerprint density at radius 2 is 2.14 bits per heavy atom. The lowest BCUT2D eigenvalue weighted by Gasteiger charge is -2.23. The molecule has 0 saturated heterocycles. The molecule has 28 heavy (non-hydrogen) atoms. The molecule has 2 heterocycles. The lowest BCUT2D eigenvalue weighted by Crippen LogP contribution is -2.39. The molecule has 1 N–H and O–H groups in total. The number of aromatic nitrogens is 3. The van der Waals surface area contributed by atoms with Crippen molar-refractivity contribution >= 4 is 28.9 Å². The van der Waals surface area contributed by atoms with Gasteiger partial charge in [0.1, 0.15) is 0 Å². The van der Waals surface area contributed by atoms with Gasteiger partial charge in [-0.15, -0.1) is 11.3 Å². The SMILES string of the molecule is CCNC(=NCC(c1ccc(Cl)cc1)n1cccn1)N(C)Cc1csc(C)n1. The summed E-state index contributed by atoms with van der Waals surface area (Å²) in [5.74, 6) is 0.847. The van der Waals surface area contributed by atoms with Gasteiger partial charge in [-0.2, -0.15) is 5.10 Å². The van der Waals surface area contributed by atoms with E-state index in [1.54, 1.807) is 17.5 Å². The molecule has 0 amide bonds. The van der Waals surface area contributed by atoms with Crippen molar-refractivity contribution in [3.8, 4) is 0 Å². The number of guanidine groups is 1. The molecule has 2 aromatic heterocycles. The van der Waals surface area contributed by atoms with Crippen molar-refractivity contribution in [2.45, 2.75) is 26.4 Å². The van der Waals surface area contributed by atoms with Gasteiger partial charge in [-0.1, -0.05) is 23.7 Å². The van der Waals surface area contributed by atoms with Crippen molar-refractivity contribution in [1.82, 2.24) is 25.0 Å². The van der Waals surface area contributed by atoms with E-state index in [0.717, 1.165) is 33.8 Å². The number of nitrogens with zero attached hydrogens (tertiary/aromatic N) is 5. The van der Waals surface area contributed by atoms with Crippen LogP contribution < -0.4 is 5.32 Å². The minimum absolute atomic E-state index is 0.00385. The third kappa shape index (κ3) is 5.33. The van der Waals surface area contributed by atoms with Gasteiger partial charge in [0.2, 0.25) is 0 Å². The van der Waals surface area contributed by atoms with Crippen molar-refractivity contribution < 1.29 is 0 Å². The highest BCUT2D eigenvalue weighted by Gasteiger charge is 2.15. The lowest BCUT2D eigenvalue weighted by molar-refractivity contribution is 0.464. The van der Waals surface area contributed by atoms with Crippen LogP contribution in [-0.4, -0.2) is 45.8 Å². The summed E-state index contributed by atoms with van der Waals surface area (Å²) >= 11 is 7.72. The predicted molar refractivity (Wildman–Crippen MR) is 116 cm³/mol. The van der Waals surface area contributed by atoms with E-state index in [1.165, 1.54) is 0 Å². The second kappa shape index (κ2) is 9.71. The van der Waals surface area contributed by atoms with Crippen LogP contribution in [0.5, 0.6) is 0 Å². The number of benzene rings is 1. The minimum atomic E-state index is -0.00385. The fourth-order valence-electron chi connectivity index (χ4n) is 2.93. The van der Waals surface area contributed by atoms with E-state index in [2.05, 4.69) is 32.6 Å². The molecule has 3 aromatic rings. The second-order valence-electron chi connectivity index (χ2n) is 6.46. The first kappa shape index (κ1) is 20.4. The third-order valence-electron chi connectivity index (χ3n) is 4.28. The standard InChI is InChI=1S/C20H25ClN6S/c1-4-22-20(26(3)13-18-14-28-15(2)25-18)23-12-19(27-11-5-10-24-27)16-6-8-17(21)9-7-16/h5-11,14,19H,4,12-13H2,1-3H3,(H,22,23). The molecule has 0 spiro atoms. The van der Waals surface area contributed by atoms with Gasteiger partial charge < -0.3 is 10.2 Å². The molecule has 0 fully saturated rings. The summed E-state index contributed by atoms with van der Waals surface area (Å²) in [6, 6.07) is 9.78. The van der Waals surface area contributed by atoms with Crippen LogP contribution in [0, 0.1) is 6.92 Å². The van der Waals surface area contributed by atoms with Gasteiger partial charge >= 0.3 is 0 Å². The van der Waals surface area contributed by atoms with Crippen LogP contribution in [0.3, 0.4) is 0 Å². The summed E-state index contributed by atoms with van der Waals surface area (Å²) in [5, 5.41) is 11.7. The van der Waals surface area contributed by atoms with Crippen molar-refractivity contribution in [2.24, 2.45) is 4.99 Å². The maximum atomic E-state index is 6.06. The first-order valence-electron chi connectivity index (χ1n) is 9.22. The van der Waals surface area contributed by atoms with Gasteiger partial charge in [-0.05, 0) is 37.6 Å². The monoisotopic (exact) mass is 416 g/mol. The number of aryl methyl sites for hydroxylation is 1. The summed E-state index contributed by atoms with van der Waals surface area (Å²) in [7, 11) is 2.03. The highest BCUT2D eigenvalue weighted by molar-refractivity contribution is 7.09. The average molecular weight is 417 g/mol. The lowest BCUT2D eigenvalue weighted by atomic mass is 10.1. The molecule has 0 aliphatic heterocycles. The van der Waals surface area contributed by atoms with E-state index in [-0.39, 0.29) is 6.04 Å². The molecule has 0 bridgehead atoms. The van der Waals surface area contributed by atoms with Gasteiger partial charge in [0.15, 0.2) is 5.96 Å². The Morgan fingerprint density at radius 1 is 1.36 bits per heavy atom. The largest absolute Gasteiger partial charge is 0.357 e. The fourth-order valence-corrected chi connectivity index (χ4v) is 3.66. The van der Waals surface area contributed by atoms with Crippen LogP contribution in [0.15, 0.2) is 53.1 Å². The van der Waals surface area contributed by atoms with Crippen molar-refractivity contribution in [2.75, 3.05) is 20.1 Å². The van der Waals surface area contributed by atoms with Crippen LogP contribution in [0.4, 0.5) is 0 Å². The van der Waals surface area contributed by atoms with E-state index < -0.39 is 0 Å². The van der Waals surface area contributed by atoms with E-state index in [0.29, 0.717) is 13.1 Å². The van der Waals surface area contributed by atoms with Gasteiger partial charge in [-0.25, -0.2) is 4.98 Å². The highest BCUT2D eigenvalue weighted by atomic mass is 35.5. The van der Waals surface area contributed by atoms with Crippen LogP contribution in [0.25, 0.3) is 0 Å². The van der Waals surface area contributed by atoms with Crippen LogP contribution in [0.1, 0.15) is 29.2 Å². The third-order valence-corrected chi connectivity index (χ3v) is 5.35. The topological polar surface area (TPSA) is 58.3 Å². The predicted octanol–water partition coefficient (Wildman–Crippen LogP) is 3.99. The van der Waals surface area contributed by atoms with Gasteiger partial charge in [0.25, 0.3) is 0 Å². The number of thiazole rings is 1. The summed E-state index contributed by atoms with van der Waals surface area (Å²) < 4.78 is 1.93. The smallest absolute Gasteiger partial charge is 0.194 e. The summed E-state index contributed by atoms with van der Waals surface area (Å²) in [4.78, 5) is 11.5. The first-order valence-corrected chi connectivity index (χ1v) is 10.5. The number of rotatable bonds is 7. The Morgan fingerprint density at radius 3 is 2.75 bits per heavy atom. The molecule has 0 aliphatic rings. The fraction of sp³-hybridized carbons (Fsp3) is 0.350. The Bertz CT molecular complexity index is 888. The first-order chi connectivity index (χ1) is 13.6. The summed E-state index contributed by atoms with van der Waals surface area (Å²) in [6.07, 6.45) is 3.75. The van der Waals surface area contributed by atoms with E-state index >= 15 is 0 Å². The van der Waals surface area contributed by atoms with Crippen LogP contribution >= 0.6 is 22.9 Å². The number of hydrogen-bond acceptors (Lipinski definition) is 4. The molecule has 148 valence electrons. The molecule has 1 atom stereocenters. The van der Waals surface area contributed by atoms with Gasteiger partial charge in [0.05, 0.1) is 29.8 Å². The second-order valence-corrected chi connectivity index (χ2v) is 7.96. The maximum Gasteiger partial charge on any atom is 0.194 e. The molecule has 0 saturated carbocycles. The molecule has 8 heteroatoms. The minimum Gasteiger partial charge on any atom is -0.357 e. The van der Waals surface area contributed by atoms with Crippen molar-refractivity contribution in [3.05, 3.63) is 69.4 Å². The number of nitrogens with one attached hydrogen (secondary N) is 1. The Hall–Kier alpha value is -2.38. The highest BCUT2D eigenvalue weighted by Crippen LogP contribution is 2.20. The Kier molecular flexibility index (Phi) is 7.06. The van der Waals surface area contributed by atoms with E-state index in [9.17, 15) is 0 Å². The maximum absolute atomic E-state index is 6.06. The quantitative estimate of drug-likeness (QED) is 0.467. The number of aliphatic imine (C=N–C) groups is 1. The van der Waals surface area contributed by atoms with Gasteiger partial charge in [-0.3, -0.25) is 9.67 Å². The van der Waals surface area contributed by atoms with E-state index in [1.807, 2.05) is 55.2 Å². The molecular formula is C20H25ClN6S. The van der Waals surface area contributed by atoms with Crippen molar-refractivity contribution in [3.63, 3.8) is 0 Å².